The lowest BCUT2D eigenvalue weighted by Gasteiger charge is -2.17. The second-order valence-electron chi connectivity index (χ2n) is 4.60. The van der Waals surface area contributed by atoms with Crippen molar-refractivity contribution in [3.63, 3.8) is 0 Å². The van der Waals surface area contributed by atoms with Crippen LogP contribution in [0.15, 0.2) is 48.9 Å². The Hall–Kier alpha value is -2.37. The molecular formula is C15H15N5. The maximum Gasteiger partial charge on any atom is 0.0903 e. The molecule has 0 aliphatic carbocycles. The molecule has 3 rings (SSSR count). The first-order valence-electron chi connectivity index (χ1n) is 6.38. The summed E-state index contributed by atoms with van der Waals surface area (Å²) in [7, 11) is 0. The SMILES string of the molecule is Cc1cnc(C(NN)c2cccc3ncccc23)cn1. The minimum absolute atomic E-state index is 0.212. The number of aryl methyl sites for hydroxylation is 1. The van der Waals surface area contributed by atoms with Gasteiger partial charge in [-0.2, -0.15) is 0 Å². The molecule has 1 aromatic carbocycles. The van der Waals surface area contributed by atoms with Gasteiger partial charge in [0.15, 0.2) is 0 Å². The van der Waals surface area contributed by atoms with Crippen molar-refractivity contribution in [1.82, 2.24) is 20.4 Å². The van der Waals surface area contributed by atoms with Crippen LogP contribution in [-0.2, 0) is 0 Å². The highest BCUT2D eigenvalue weighted by atomic mass is 15.2. The minimum Gasteiger partial charge on any atom is -0.271 e. The van der Waals surface area contributed by atoms with Gasteiger partial charge in [0.05, 0.1) is 29.1 Å². The topological polar surface area (TPSA) is 76.7 Å². The molecule has 0 bridgehead atoms. The van der Waals surface area contributed by atoms with E-state index in [4.69, 9.17) is 5.84 Å². The summed E-state index contributed by atoms with van der Waals surface area (Å²) in [5, 5.41) is 1.06. The lowest BCUT2D eigenvalue weighted by molar-refractivity contribution is 0.620. The van der Waals surface area contributed by atoms with E-state index in [1.165, 1.54) is 0 Å². The van der Waals surface area contributed by atoms with E-state index in [9.17, 15) is 0 Å². The molecule has 20 heavy (non-hydrogen) atoms. The van der Waals surface area contributed by atoms with Crippen molar-refractivity contribution >= 4 is 10.9 Å². The van der Waals surface area contributed by atoms with Crippen LogP contribution in [0.2, 0.25) is 0 Å². The Morgan fingerprint density at radius 3 is 2.70 bits per heavy atom. The van der Waals surface area contributed by atoms with E-state index in [2.05, 4.69) is 20.4 Å². The number of aromatic nitrogens is 3. The fourth-order valence-electron chi connectivity index (χ4n) is 2.26. The predicted molar refractivity (Wildman–Crippen MR) is 77.7 cm³/mol. The van der Waals surface area contributed by atoms with E-state index < -0.39 is 0 Å². The Morgan fingerprint density at radius 1 is 1.05 bits per heavy atom. The number of hydrazine groups is 1. The second-order valence-corrected chi connectivity index (χ2v) is 4.60. The Labute approximate surface area is 116 Å². The number of pyridine rings is 1. The molecule has 0 aliphatic heterocycles. The number of fused-ring (bicyclic) bond motifs is 1. The quantitative estimate of drug-likeness (QED) is 0.558. The maximum absolute atomic E-state index is 5.73. The van der Waals surface area contributed by atoms with Crippen molar-refractivity contribution in [3.8, 4) is 0 Å². The fraction of sp³-hybridized carbons (Fsp3) is 0.133. The van der Waals surface area contributed by atoms with Gasteiger partial charge in [-0.05, 0) is 24.6 Å². The number of nitrogens with one attached hydrogen (secondary N) is 1. The maximum atomic E-state index is 5.73. The summed E-state index contributed by atoms with van der Waals surface area (Å²) in [5.74, 6) is 5.73. The zero-order valence-electron chi connectivity index (χ0n) is 11.1. The summed E-state index contributed by atoms with van der Waals surface area (Å²) in [5.41, 5.74) is 6.45. The summed E-state index contributed by atoms with van der Waals surface area (Å²) in [6, 6.07) is 9.71. The smallest absolute Gasteiger partial charge is 0.0903 e. The van der Waals surface area contributed by atoms with E-state index in [1.807, 2.05) is 37.3 Å². The van der Waals surface area contributed by atoms with E-state index in [0.29, 0.717) is 0 Å². The van der Waals surface area contributed by atoms with Crippen LogP contribution >= 0.6 is 0 Å². The molecule has 3 N–H and O–H groups in total. The van der Waals surface area contributed by atoms with E-state index in [0.717, 1.165) is 27.9 Å². The third-order valence-corrected chi connectivity index (χ3v) is 3.25. The molecule has 2 heterocycles. The number of hydrogen-bond acceptors (Lipinski definition) is 5. The Bertz CT molecular complexity index is 718. The molecule has 0 amide bonds. The lowest BCUT2D eigenvalue weighted by Crippen LogP contribution is -2.29. The van der Waals surface area contributed by atoms with Gasteiger partial charge in [-0.3, -0.25) is 20.8 Å². The van der Waals surface area contributed by atoms with Crippen LogP contribution in [0, 0.1) is 6.92 Å². The van der Waals surface area contributed by atoms with Crippen molar-refractivity contribution in [2.45, 2.75) is 13.0 Å². The zero-order valence-corrected chi connectivity index (χ0v) is 11.1. The van der Waals surface area contributed by atoms with Gasteiger partial charge in [0.1, 0.15) is 0 Å². The van der Waals surface area contributed by atoms with Crippen molar-refractivity contribution in [1.29, 1.82) is 0 Å². The predicted octanol–water partition coefficient (Wildman–Crippen LogP) is 1.89. The van der Waals surface area contributed by atoms with Crippen LogP contribution in [0.3, 0.4) is 0 Å². The van der Waals surface area contributed by atoms with Gasteiger partial charge < -0.3 is 0 Å². The molecule has 0 saturated carbocycles. The first kappa shape index (κ1) is 12.7. The summed E-state index contributed by atoms with van der Waals surface area (Å²) in [4.78, 5) is 13.0. The number of rotatable bonds is 3. The largest absolute Gasteiger partial charge is 0.271 e. The van der Waals surface area contributed by atoms with Crippen LogP contribution in [0.1, 0.15) is 23.0 Å². The average Bonchev–Trinajstić information content (AvgIpc) is 2.50. The van der Waals surface area contributed by atoms with Crippen LogP contribution < -0.4 is 11.3 Å². The zero-order chi connectivity index (χ0) is 13.9. The third kappa shape index (κ3) is 2.24. The highest BCUT2D eigenvalue weighted by molar-refractivity contribution is 5.82. The number of nitrogens with zero attached hydrogens (tertiary/aromatic N) is 3. The minimum atomic E-state index is -0.212. The Kier molecular flexibility index (Phi) is 3.37. The van der Waals surface area contributed by atoms with E-state index in [-0.39, 0.29) is 6.04 Å². The van der Waals surface area contributed by atoms with Crippen molar-refractivity contribution in [2.24, 2.45) is 5.84 Å². The van der Waals surface area contributed by atoms with Gasteiger partial charge in [0.2, 0.25) is 0 Å². The fourth-order valence-corrected chi connectivity index (χ4v) is 2.26. The Morgan fingerprint density at radius 2 is 1.95 bits per heavy atom. The number of benzene rings is 1. The van der Waals surface area contributed by atoms with Crippen LogP contribution in [0.5, 0.6) is 0 Å². The van der Waals surface area contributed by atoms with Gasteiger partial charge >= 0.3 is 0 Å². The molecule has 5 heteroatoms. The third-order valence-electron chi connectivity index (χ3n) is 3.25. The summed E-state index contributed by atoms with van der Waals surface area (Å²) < 4.78 is 0. The van der Waals surface area contributed by atoms with Crippen molar-refractivity contribution in [3.05, 3.63) is 65.9 Å². The van der Waals surface area contributed by atoms with Gasteiger partial charge in [0.25, 0.3) is 0 Å². The van der Waals surface area contributed by atoms with Gasteiger partial charge in [-0.25, -0.2) is 5.43 Å². The molecule has 0 radical (unpaired) electrons. The second kappa shape index (κ2) is 5.32. The molecule has 2 aromatic heterocycles. The molecule has 1 atom stereocenters. The van der Waals surface area contributed by atoms with Crippen LogP contribution in [0.25, 0.3) is 10.9 Å². The molecule has 0 aliphatic rings. The monoisotopic (exact) mass is 265 g/mol. The van der Waals surface area contributed by atoms with Crippen LogP contribution in [-0.4, -0.2) is 15.0 Å². The standard InChI is InChI=1S/C15H15N5/c1-10-8-19-14(9-18-10)15(20-16)12-4-2-6-13-11(12)5-3-7-17-13/h2-9,15,20H,16H2,1H3. The van der Waals surface area contributed by atoms with Crippen molar-refractivity contribution < 1.29 is 0 Å². The molecule has 0 saturated heterocycles. The summed E-state index contributed by atoms with van der Waals surface area (Å²) >= 11 is 0. The highest BCUT2D eigenvalue weighted by Crippen LogP contribution is 2.26. The highest BCUT2D eigenvalue weighted by Gasteiger charge is 2.16. The molecule has 1 unspecified atom stereocenters. The van der Waals surface area contributed by atoms with Gasteiger partial charge in [0, 0.05) is 17.8 Å². The number of hydrogen-bond donors (Lipinski definition) is 2. The van der Waals surface area contributed by atoms with E-state index in [1.54, 1.807) is 18.6 Å². The molecular weight excluding hydrogens is 250 g/mol. The van der Waals surface area contributed by atoms with Crippen molar-refractivity contribution in [2.75, 3.05) is 0 Å². The Balaban J connectivity index is 2.14. The van der Waals surface area contributed by atoms with Crippen LogP contribution in [0.4, 0.5) is 0 Å². The summed E-state index contributed by atoms with van der Waals surface area (Å²) in [6.07, 6.45) is 5.26. The average molecular weight is 265 g/mol. The first-order chi connectivity index (χ1) is 9.79. The number of nitrogens with two attached hydrogens (primary N) is 1. The molecule has 0 fully saturated rings. The molecule has 3 aromatic rings. The molecule has 0 spiro atoms. The summed E-state index contributed by atoms with van der Waals surface area (Å²) in [6.45, 7) is 1.91. The molecule has 5 nitrogen and oxygen atoms in total. The lowest BCUT2D eigenvalue weighted by atomic mass is 9.99. The first-order valence-corrected chi connectivity index (χ1v) is 6.38. The van der Waals surface area contributed by atoms with E-state index >= 15 is 0 Å². The van der Waals surface area contributed by atoms with Gasteiger partial charge in [-0.1, -0.05) is 18.2 Å². The normalized spacial score (nSPS) is 12.5. The van der Waals surface area contributed by atoms with Gasteiger partial charge in [-0.15, -0.1) is 0 Å². The molecule has 100 valence electrons.